The Hall–Kier alpha value is -2.69. The number of hydrogen-bond acceptors (Lipinski definition) is 6. The Bertz CT molecular complexity index is 1110. The predicted octanol–water partition coefficient (Wildman–Crippen LogP) is 1.90. The van der Waals surface area contributed by atoms with E-state index in [-0.39, 0.29) is 37.2 Å². The Kier molecular flexibility index (Phi) is 6.36. The lowest BCUT2D eigenvalue weighted by atomic mass is 9.84. The number of rotatable bonds is 7. The molecule has 0 unspecified atom stereocenters. The molecular weight excluding hydrogens is 439 g/mol. The van der Waals surface area contributed by atoms with E-state index in [1.807, 2.05) is 0 Å². The highest BCUT2D eigenvalue weighted by atomic mass is 32.2. The highest BCUT2D eigenvalue weighted by Gasteiger charge is 2.46. The third-order valence-electron chi connectivity index (χ3n) is 5.65. The summed E-state index contributed by atoms with van der Waals surface area (Å²) < 4.78 is 51.2. The van der Waals surface area contributed by atoms with Crippen LogP contribution in [0.15, 0.2) is 42.5 Å². The molecule has 4 rings (SSSR count). The number of carbonyl (C=O) groups is 1. The number of aliphatic hydroxyl groups is 1. The first-order valence-electron chi connectivity index (χ1n) is 10.3. The van der Waals surface area contributed by atoms with Crippen LogP contribution >= 0.6 is 0 Å². The van der Waals surface area contributed by atoms with Crippen LogP contribution in [0.5, 0.6) is 5.75 Å². The Morgan fingerprint density at radius 2 is 2.03 bits per heavy atom. The third kappa shape index (κ3) is 5.03. The van der Waals surface area contributed by atoms with Gasteiger partial charge in [-0.3, -0.25) is 9.52 Å². The SMILES string of the molecule is CS(=O)(=O)Nc1ccc2c(c1)[C@H]1C[C@H](CC(=O)NCc3ccccc3F)O[C@@H](CO)[C@H]1O2. The quantitative estimate of drug-likeness (QED) is 0.577. The number of carbonyl (C=O) groups excluding carboxylic acids is 1. The highest BCUT2D eigenvalue weighted by Crippen LogP contribution is 2.47. The summed E-state index contributed by atoms with van der Waals surface area (Å²) >= 11 is 0. The van der Waals surface area contributed by atoms with Gasteiger partial charge in [-0.15, -0.1) is 0 Å². The first kappa shape index (κ1) is 22.5. The van der Waals surface area contributed by atoms with E-state index in [0.717, 1.165) is 11.8 Å². The first-order valence-corrected chi connectivity index (χ1v) is 12.2. The van der Waals surface area contributed by atoms with Gasteiger partial charge in [-0.2, -0.15) is 0 Å². The van der Waals surface area contributed by atoms with Gasteiger partial charge in [0.25, 0.3) is 0 Å². The van der Waals surface area contributed by atoms with Gasteiger partial charge in [0.05, 0.1) is 25.4 Å². The van der Waals surface area contributed by atoms with Gasteiger partial charge in [-0.1, -0.05) is 18.2 Å². The molecule has 0 radical (unpaired) electrons. The zero-order valence-electron chi connectivity index (χ0n) is 17.5. The molecule has 8 nitrogen and oxygen atoms in total. The van der Waals surface area contributed by atoms with Crippen molar-refractivity contribution < 1.29 is 32.2 Å². The molecule has 0 spiro atoms. The standard InChI is InChI=1S/C22H25FN2O6S/c1-32(28,29)25-14-6-7-19-16(8-14)17-9-15(30-20(12-26)22(17)31-19)10-21(27)24-11-13-4-2-3-5-18(13)23/h2-8,15,17,20,22,25-26H,9-12H2,1H3,(H,24,27)/t15-,17-,20+,22+/m1/s1. The lowest BCUT2D eigenvalue weighted by Gasteiger charge is -2.37. The number of hydrogen-bond donors (Lipinski definition) is 3. The average molecular weight is 465 g/mol. The van der Waals surface area contributed by atoms with Crippen LogP contribution in [0.1, 0.15) is 29.9 Å². The van der Waals surface area contributed by atoms with Crippen LogP contribution in [-0.4, -0.2) is 50.6 Å². The Labute approximate surface area is 185 Å². The normalized spacial score (nSPS) is 24.2. The van der Waals surface area contributed by atoms with E-state index in [4.69, 9.17) is 9.47 Å². The van der Waals surface area contributed by atoms with Crippen LogP contribution in [0.3, 0.4) is 0 Å². The fourth-order valence-electron chi connectivity index (χ4n) is 4.28. The molecule has 0 aromatic heterocycles. The zero-order chi connectivity index (χ0) is 22.9. The fourth-order valence-corrected chi connectivity index (χ4v) is 4.84. The number of nitrogens with one attached hydrogen (secondary N) is 2. The molecule has 0 aliphatic carbocycles. The highest BCUT2D eigenvalue weighted by molar-refractivity contribution is 7.92. The molecule has 2 aromatic rings. The molecule has 32 heavy (non-hydrogen) atoms. The Morgan fingerprint density at radius 3 is 2.75 bits per heavy atom. The Morgan fingerprint density at radius 1 is 1.25 bits per heavy atom. The van der Waals surface area contributed by atoms with Gasteiger partial charge in [0, 0.05) is 29.3 Å². The number of aliphatic hydroxyl groups excluding tert-OH is 1. The van der Waals surface area contributed by atoms with Crippen molar-refractivity contribution >= 4 is 21.6 Å². The molecular formula is C22H25FN2O6S. The summed E-state index contributed by atoms with van der Waals surface area (Å²) in [6, 6.07) is 11.2. The van der Waals surface area contributed by atoms with Gasteiger partial charge in [-0.05, 0) is 30.7 Å². The summed E-state index contributed by atoms with van der Waals surface area (Å²) in [5, 5.41) is 12.5. The molecule has 0 saturated carbocycles. The third-order valence-corrected chi connectivity index (χ3v) is 6.26. The van der Waals surface area contributed by atoms with Crippen molar-refractivity contribution in [2.45, 2.75) is 43.6 Å². The molecule has 2 aliphatic rings. The molecule has 1 saturated heterocycles. The number of anilines is 1. The van der Waals surface area contributed by atoms with E-state index < -0.39 is 28.3 Å². The van der Waals surface area contributed by atoms with Gasteiger partial charge >= 0.3 is 0 Å². The van der Waals surface area contributed by atoms with Crippen LogP contribution in [0.25, 0.3) is 0 Å². The molecule has 1 amide bonds. The molecule has 2 aromatic carbocycles. The fraction of sp³-hybridized carbons (Fsp3) is 0.409. The minimum Gasteiger partial charge on any atom is -0.487 e. The molecule has 0 bridgehead atoms. The molecule has 2 aliphatic heterocycles. The van der Waals surface area contributed by atoms with E-state index in [1.165, 1.54) is 6.07 Å². The van der Waals surface area contributed by atoms with Crippen LogP contribution in [-0.2, 0) is 26.1 Å². The summed E-state index contributed by atoms with van der Waals surface area (Å²) in [4.78, 5) is 12.5. The first-order chi connectivity index (χ1) is 15.2. The van der Waals surface area contributed by atoms with Gasteiger partial charge < -0.3 is 19.9 Å². The molecule has 1 fully saturated rings. The number of benzene rings is 2. The second-order valence-corrected chi connectivity index (χ2v) is 9.85. The number of fused-ring (bicyclic) bond motifs is 3. The van der Waals surface area contributed by atoms with Crippen molar-refractivity contribution in [3.63, 3.8) is 0 Å². The van der Waals surface area contributed by atoms with Crippen molar-refractivity contribution in [1.82, 2.24) is 5.32 Å². The second-order valence-electron chi connectivity index (χ2n) is 8.10. The van der Waals surface area contributed by atoms with E-state index >= 15 is 0 Å². The lowest BCUT2D eigenvalue weighted by molar-refractivity contribution is -0.142. The Balaban J connectivity index is 1.45. The maximum Gasteiger partial charge on any atom is 0.229 e. The number of amides is 1. The average Bonchev–Trinajstić information content (AvgIpc) is 3.09. The smallest absolute Gasteiger partial charge is 0.229 e. The maximum atomic E-state index is 13.8. The monoisotopic (exact) mass is 464 g/mol. The van der Waals surface area contributed by atoms with Gasteiger partial charge in [0.15, 0.2) is 0 Å². The van der Waals surface area contributed by atoms with Crippen molar-refractivity contribution in [2.24, 2.45) is 0 Å². The number of sulfonamides is 1. The van der Waals surface area contributed by atoms with E-state index in [1.54, 1.807) is 36.4 Å². The molecule has 4 atom stereocenters. The van der Waals surface area contributed by atoms with Crippen molar-refractivity contribution in [3.05, 3.63) is 59.4 Å². The molecule has 10 heteroatoms. The van der Waals surface area contributed by atoms with Crippen LogP contribution < -0.4 is 14.8 Å². The minimum atomic E-state index is -3.43. The van der Waals surface area contributed by atoms with Gasteiger partial charge in [0.2, 0.25) is 15.9 Å². The maximum absolute atomic E-state index is 13.8. The molecule has 172 valence electrons. The summed E-state index contributed by atoms with van der Waals surface area (Å²) in [7, 11) is -3.43. The zero-order valence-corrected chi connectivity index (χ0v) is 18.3. The van der Waals surface area contributed by atoms with E-state index in [2.05, 4.69) is 10.0 Å². The minimum absolute atomic E-state index is 0.0464. The van der Waals surface area contributed by atoms with Crippen LogP contribution in [0, 0.1) is 5.82 Å². The second kappa shape index (κ2) is 9.05. The van der Waals surface area contributed by atoms with Crippen molar-refractivity contribution in [2.75, 3.05) is 17.6 Å². The lowest BCUT2D eigenvalue weighted by Crippen LogP contribution is -2.47. The number of halogens is 1. The topological polar surface area (TPSA) is 114 Å². The summed E-state index contributed by atoms with van der Waals surface area (Å²) in [6.45, 7) is -0.211. The number of ether oxygens (including phenoxy) is 2. The van der Waals surface area contributed by atoms with Crippen molar-refractivity contribution in [3.8, 4) is 5.75 Å². The molecule has 2 heterocycles. The van der Waals surface area contributed by atoms with E-state index in [9.17, 15) is 22.7 Å². The predicted molar refractivity (Wildman–Crippen MR) is 115 cm³/mol. The summed E-state index contributed by atoms with van der Waals surface area (Å²) in [5.74, 6) is -0.240. The van der Waals surface area contributed by atoms with Crippen LogP contribution in [0.4, 0.5) is 10.1 Å². The summed E-state index contributed by atoms with van der Waals surface area (Å²) in [6.07, 6.45) is 0.0493. The van der Waals surface area contributed by atoms with E-state index in [0.29, 0.717) is 23.4 Å². The van der Waals surface area contributed by atoms with Crippen molar-refractivity contribution in [1.29, 1.82) is 0 Å². The molecule has 3 N–H and O–H groups in total. The van der Waals surface area contributed by atoms with Gasteiger partial charge in [0.1, 0.15) is 23.8 Å². The van der Waals surface area contributed by atoms with Gasteiger partial charge in [-0.25, -0.2) is 12.8 Å². The van der Waals surface area contributed by atoms with Crippen LogP contribution in [0.2, 0.25) is 0 Å². The largest absolute Gasteiger partial charge is 0.487 e. The summed E-state index contributed by atoms with van der Waals surface area (Å²) in [5.41, 5.74) is 1.62.